The molecule has 0 spiro atoms. The Kier molecular flexibility index (Phi) is 7.05. The van der Waals surface area contributed by atoms with Crippen LogP contribution in [0.4, 0.5) is 5.69 Å². The second kappa shape index (κ2) is 9.98. The number of benzene rings is 2. The van der Waals surface area contributed by atoms with Gasteiger partial charge in [-0.05, 0) is 68.7 Å². The first kappa shape index (κ1) is 23.3. The Hall–Kier alpha value is -2.83. The number of likely N-dealkylation sites (tertiary alicyclic amines) is 1. The molecule has 0 bridgehead atoms. The molecule has 2 aliphatic heterocycles. The summed E-state index contributed by atoms with van der Waals surface area (Å²) in [6, 6.07) is 13.8. The summed E-state index contributed by atoms with van der Waals surface area (Å²) in [5.74, 6) is -1.49. The van der Waals surface area contributed by atoms with Gasteiger partial charge in [0.25, 0.3) is 11.7 Å². The lowest BCUT2D eigenvalue weighted by molar-refractivity contribution is -0.140. The predicted octanol–water partition coefficient (Wildman–Crippen LogP) is 4.79. The second-order valence-corrected chi connectivity index (χ2v) is 8.79. The molecular weight excluding hydrogens is 440 g/mol. The minimum absolute atomic E-state index is 0.0934. The van der Waals surface area contributed by atoms with E-state index in [0.717, 1.165) is 37.2 Å². The Morgan fingerprint density at radius 2 is 1.76 bits per heavy atom. The van der Waals surface area contributed by atoms with Crippen molar-refractivity contribution >= 4 is 34.7 Å². The van der Waals surface area contributed by atoms with Crippen molar-refractivity contribution in [2.75, 3.05) is 31.1 Å². The van der Waals surface area contributed by atoms with Crippen LogP contribution in [0, 0.1) is 0 Å². The monoisotopic (exact) mass is 468 g/mol. The van der Waals surface area contributed by atoms with Crippen molar-refractivity contribution in [3.05, 3.63) is 70.3 Å². The van der Waals surface area contributed by atoms with E-state index in [1.54, 1.807) is 29.2 Å². The standard InChI is InChI=1S/C26H29ClN2O4/c1-3-28(4-2)20-13-9-17(10-14-20)23-22(24(30)18-7-11-19(27)12-8-18)25(31)26(32)29(23)16-21-6-5-15-33-21/h7-14,21,23,30H,3-6,15-16H2,1-2H3/t21-,23+/m1/s1. The van der Waals surface area contributed by atoms with E-state index in [0.29, 0.717) is 23.7 Å². The van der Waals surface area contributed by atoms with Gasteiger partial charge in [-0.2, -0.15) is 0 Å². The van der Waals surface area contributed by atoms with Gasteiger partial charge in [-0.25, -0.2) is 0 Å². The Bertz CT molecular complexity index is 1040. The number of amides is 1. The fourth-order valence-electron chi connectivity index (χ4n) is 4.64. The number of rotatable bonds is 7. The van der Waals surface area contributed by atoms with E-state index in [1.807, 2.05) is 24.3 Å². The van der Waals surface area contributed by atoms with Crippen molar-refractivity contribution in [3.63, 3.8) is 0 Å². The Morgan fingerprint density at radius 1 is 1.09 bits per heavy atom. The Labute approximate surface area is 199 Å². The van der Waals surface area contributed by atoms with Crippen LogP contribution in [-0.2, 0) is 14.3 Å². The van der Waals surface area contributed by atoms with Gasteiger partial charge in [0.05, 0.1) is 17.7 Å². The number of halogens is 1. The van der Waals surface area contributed by atoms with Crippen molar-refractivity contribution in [1.82, 2.24) is 4.90 Å². The number of nitrogens with zero attached hydrogens (tertiary/aromatic N) is 2. The van der Waals surface area contributed by atoms with E-state index in [9.17, 15) is 14.7 Å². The molecule has 2 aromatic carbocycles. The second-order valence-electron chi connectivity index (χ2n) is 8.36. The topological polar surface area (TPSA) is 70.1 Å². The van der Waals surface area contributed by atoms with Crippen molar-refractivity contribution in [2.24, 2.45) is 0 Å². The zero-order chi connectivity index (χ0) is 23.5. The fraction of sp³-hybridized carbons (Fsp3) is 0.385. The van der Waals surface area contributed by atoms with Gasteiger partial charge in [0.1, 0.15) is 5.76 Å². The van der Waals surface area contributed by atoms with Crippen LogP contribution in [0.3, 0.4) is 0 Å². The molecule has 0 aliphatic carbocycles. The van der Waals surface area contributed by atoms with Crippen LogP contribution in [0.15, 0.2) is 54.1 Å². The summed E-state index contributed by atoms with van der Waals surface area (Å²) in [4.78, 5) is 30.0. The first-order chi connectivity index (χ1) is 15.9. The summed E-state index contributed by atoms with van der Waals surface area (Å²) in [5, 5.41) is 11.6. The summed E-state index contributed by atoms with van der Waals surface area (Å²) in [7, 11) is 0. The highest BCUT2D eigenvalue weighted by Crippen LogP contribution is 2.40. The molecule has 2 aromatic rings. The van der Waals surface area contributed by atoms with E-state index in [-0.39, 0.29) is 17.4 Å². The van der Waals surface area contributed by atoms with Gasteiger partial charge in [0.15, 0.2) is 0 Å². The lowest BCUT2D eigenvalue weighted by Gasteiger charge is -2.28. The van der Waals surface area contributed by atoms with Gasteiger partial charge < -0.3 is 19.6 Å². The smallest absolute Gasteiger partial charge is 0.295 e. The molecule has 1 amide bonds. The van der Waals surface area contributed by atoms with Gasteiger partial charge in [0.2, 0.25) is 0 Å². The van der Waals surface area contributed by atoms with Crippen LogP contribution in [0.2, 0.25) is 5.02 Å². The van der Waals surface area contributed by atoms with Crippen LogP contribution < -0.4 is 4.90 Å². The van der Waals surface area contributed by atoms with Crippen molar-refractivity contribution < 1.29 is 19.4 Å². The molecule has 2 heterocycles. The maximum atomic E-state index is 13.1. The molecule has 4 rings (SSSR count). The van der Waals surface area contributed by atoms with Crippen LogP contribution >= 0.6 is 11.6 Å². The summed E-state index contributed by atoms with van der Waals surface area (Å²) in [6.07, 6.45) is 1.66. The maximum absolute atomic E-state index is 13.1. The fourth-order valence-corrected chi connectivity index (χ4v) is 4.77. The molecule has 33 heavy (non-hydrogen) atoms. The highest BCUT2D eigenvalue weighted by molar-refractivity contribution is 6.46. The quantitative estimate of drug-likeness (QED) is 0.359. The third kappa shape index (κ3) is 4.63. The Balaban J connectivity index is 1.78. The first-order valence-corrected chi connectivity index (χ1v) is 11.8. The molecule has 0 saturated carbocycles. The summed E-state index contributed by atoms with van der Waals surface area (Å²) in [6.45, 7) is 6.92. The van der Waals surface area contributed by atoms with Gasteiger partial charge in [-0.3, -0.25) is 9.59 Å². The first-order valence-electron chi connectivity index (χ1n) is 11.5. The minimum atomic E-state index is -0.685. The third-order valence-corrected chi connectivity index (χ3v) is 6.67. The molecule has 2 atom stereocenters. The van der Waals surface area contributed by atoms with Crippen LogP contribution in [0.1, 0.15) is 43.9 Å². The van der Waals surface area contributed by atoms with Crippen LogP contribution in [-0.4, -0.2) is 54.0 Å². The van der Waals surface area contributed by atoms with Gasteiger partial charge >= 0.3 is 0 Å². The average Bonchev–Trinajstić information content (AvgIpc) is 3.43. The normalized spacial score (nSPS) is 22.2. The van der Waals surface area contributed by atoms with Crippen molar-refractivity contribution in [2.45, 2.75) is 38.8 Å². The number of ketones is 1. The molecule has 7 heteroatoms. The lowest BCUT2D eigenvalue weighted by Crippen LogP contribution is -2.36. The summed E-state index contributed by atoms with van der Waals surface area (Å²) in [5.41, 5.74) is 2.38. The van der Waals surface area contributed by atoms with E-state index in [4.69, 9.17) is 16.3 Å². The minimum Gasteiger partial charge on any atom is -0.507 e. The molecule has 2 aliphatic rings. The number of hydrogen-bond acceptors (Lipinski definition) is 5. The third-order valence-electron chi connectivity index (χ3n) is 6.42. The predicted molar refractivity (Wildman–Crippen MR) is 129 cm³/mol. The van der Waals surface area contributed by atoms with E-state index < -0.39 is 17.7 Å². The number of carbonyl (C=O) groups excluding carboxylic acids is 2. The highest BCUT2D eigenvalue weighted by atomic mass is 35.5. The molecule has 174 valence electrons. The number of aliphatic hydroxyl groups excluding tert-OH is 1. The van der Waals surface area contributed by atoms with Gasteiger partial charge in [-0.15, -0.1) is 0 Å². The molecule has 1 N–H and O–H groups in total. The zero-order valence-electron chi connectivity index (χ0n) is 19.0. The number of Topliss-reactive ketones (excluding diaryl/α,β-unsaturated/α-hetero) is 1. The lowest BCUT2D eigenvalue weighted by atomic mass is 9.95. The molecule has 2 saturated heterocycles. The number of hydrogen-bond donors (Lipinski definition) is 1. The number of anilines is 1. The number of aliphatic hydroxyl groups is 1. The van der Waals surface area contributed by atoms with E-state index >= 15 is 0 Å². The van der Waals surface area contributed by atoms with Gasteiger partial charge in [-0.1, -0.05) is 23.7 Å². The highest BCUT2D eigenvalue weighted by Gasteiger charge is 2.47. The molecule has 0 radical (unpaired) electrons. The average molecular weight is 469 g/mol. The van der Waals surface area contributed by atoms with Gasteiger partial charge in [0, 0.05) is 42.5 Å². The Morgan fingerprint density at radius 3 is 2.33 bits per heavy atom. The molecule has 2 fully saturated rings. The van der Waals surface area contributed by atoms with Crippen LogP contribution in [0.5, 0.6) is 0 Å². The number of ether oxygens (including phenoxy) is 1. The molecule has 6 nitrogen and oxygen atoms in total. The molecule has 0 unspecified atom stereocenters. The molecule has 0 aromatic heterocycles. The number of carbonyl (C=O) groups is 2. The summed E-state index contributed by atoms with van der Waals surface area (Å²) < 4.78 is 5.75. The summed E-state index contributed by atoms with van der Waals surface area (Å²) >= 11 is 5.99. The van der Waals surface area contributed by atoms with E-state index in [1.165, 1.54) is 0 Å². The zero-order valence-corrected chi connectivity index (χ0v) is 19.7. The SMILES string of the molecule is CCN(CC)c1ccc([C@H]2C(=C(O)c3ccc(Cl)cc3)C(=O)C(=O)N2C[C@H]2CCCO2)cc1. The van der Waals surface area contributed by atoms with E-state index in [2.05, 4.69) is 18.7 Å². The molecular formula is C26H29ClN2O4. The van der Waals surface area contributed by atoms with Crippen LogP contribution in [0.25, 0.3) is 5.76 Å². The largest absolute Gasteiger partial charge is 0.507 e. The van der Waals surface area contributed by atoms with Crippen molar-refractivity contribution in [3.8, 4) is 0 Å². The maximum Gasteiger partial charge on any atom is 0.295 e. The van der Waals surface area contributed by atoms with Crippen molar-refractivity contribution in [1.29, 1.82) is 0 Å².